The fraction of sp³-hybridized carbons (Fsp3) is 0.222. The third kappa shape index (κ3) is 2.96. The van der Waals surface area contributed by atoms with Gasteiger partial charge in [-0.05, 0) is 17.7 Å². The van der Waals surface area contributed by atoms with E-state index in [1.165, 1.54) is 11.8 Å². The van der Waals surface area contributed by atoms with Gasteiger partial charge in [-0.15, -0.1) is 12.4 Å². The summed E-state index contributed by atoms with van der Waals surface area (Å²) < 4.78 is 11.4. The van der Waals surface area contributed by atoms with E-state index in [4.69, 9.17) is 20.6 Å². The first-order valence-corrected chi connectivity index (χ1v) is 5.99. The molecule has 1 aliphatic rings. The molecule has 16 heavy (non-hydrogen) atoms. The lowest BCUT2D eigenvalue weighted by Crippen LogP contribution is -2.03. The maximum Gasteiger partial charge on any atom is 0.231 e. The first-order chi connectivity index (χ1) is 7.16. The Morgan fingerprint density at radius 1 is 1.44 bits per heavy atom. The summed E-state index contributed by atoms with van der Waals surface area (Å²) in [4.78, 5) is 0. The van der Waals surface area contributed by atoms with Gasteiger partial charge in [-0.25, -0.2) is 0 Å². The Balaban J connectivity index is 0.00000128. The van der Waals surface area contributed by atoms with Crippen molar-refractivity contribution in [2.24, 2.45) is 5.73 Å². The molecule has 0 bridgehead atoms. The smallest absolute Gasteiger partial charge is 0.231 e. The van der Waals surface area contributed by atoms with Gasteiger partial charge in [-0.3, -0.25) is 5.41 Å². The second kappa shape index (κ2) is 5.65. The number of hydrogen-bond acceptors (Lipinski definition) is 4. The van der Waals surface area contributed by atoms with Gasteiger partial charge in [-0.2, -0.15) is 0 Å². The summed E-state index contributed by atoms with van der Waals surface area (Å²) in [7, 11) is 0. The highest BCUT2D eigenvalue weighted by Gasteiger charge is 2.16. The zero-order chi connectivity index (χ0) is 10.8. The molecule has 0 saturated carbocycles. The van der Waals surface area contributed by atoms with Gasteiger partial charge in [0.1, 0.15) is 0 Å². The Hall–Kier alpha value is -0.590. The molecule has 0 saturated heterocycles. The minimum Gasteiger partial charge on any atom is -0.454 e. The molecule has 1 heterocycles. The Morgan fingerprint density at radius 3 is 2.69 bits per heavy atom. The van der Waals surface area contributed by atoms with Crippen LogP contribution < -0.4 is 15.2 Å². The van der Waals surface area contributed by atoms with Crippen molar-refractivity contribution >= 4 is 45.3 Å². The van der Waals surface area contributed by atoms with Crippen LogP contribution in [0.25, 0.3) is 0 Å². The summed E-state index contributed by atoms with van der Waals surface area (Å²) in [6.07, 6.45) is 0. The molecule has 0 radical (unpaired) electrons. The van der Waals surface area contributed by atoms with E-state index in [2.05, 4.69) is 15.9 Å². The summed E-state index contributed by atoms with van der Waals surface area (Å²) in [5.74, 6) is 2.14. The topological polar surface area (TPSA) is 68.3 Å². The minimum atomic E-state index is 0. The third-order valence-corrected chi connectivity index (χ3v) is 3.43. The van der Waals surface area contributed by atoms with Crippen molar-refractivity contribution in [2.45, 2.75) is 5.75 Å². The minimum absolute atomic E-state index is 0. The summed E-state index contributed by atoms with van der Waals surface area (Å²) in [5, 5.41) is 7.25. The molecule has 0 atom stereocenters. The van der Waals surface area contributed by atoms with Gasteiger partial charge in [0.15, 0.2) is 16.7 Å². The van der Waals surface area contributed by atoms with Gasteiger partial charge in [0.2, 0.25) is 6.79 Å². The van der Waals surface area contributed by atoms with E-state index < -0.39 is 0 Å². The molecule has 1 aromatic carbocycles. The quantitative estimate of drug-likeness (QED) is 0.648. The van der Waals surface area contributed by atoms with Gasteiger partial charge in [0, 0.05) is 10.2 Å². The Kier molecular flexibility index (Phi) is 4.76. The van der Waals surface area contributed by atoms with Crippen LogP contribution >= 0.6 is 40.1 Å². The highest BCUT2D eigenvalue weighted by atomic mass is 79.9. The second-order valence-electron chi connectivity index (χ2n) is 2.95. The lowest BCUT2D eigenvalue weighted by atomic mass is 10.2. The van der Waals surface area contributed by atoms with E-state index in [-0.39, 0.29) is 24.4 Å². The molecular weight excluding hydrogens is 316 g/mol. The molecule has 88 valence electrons. The van der Waals surface area contributed by atoms with E-state index in [1.54, 1.807) is 0 Å². The highest BCUT2D eigenvalue weighted by molar-refractivity contribution is 9.10. The Labute approximate surface area is 112 Å². The average molecular weight is 326 g/mol. The molecule has 0 fully saturated rings. The van der Waals surface area contributed by atoms with Gasteiger partial charge in [0.05, 0.1) is 0 Å². The van der Waals surface area contributed by atoms with Crippen LogP contribution in [0.5, 0.6) is 11.5 Å². The molecule has 0 aromatic heterocycles. The van der Waals surface area contributed by atoms with Crippen molar-refractivity contribution in [3.63, 3.8) is 0 Å². The van der Waals surface area contributed by atoms with Crippen LogP contribution in [0.1, 0.15) is 5.56 Å². The van der Waals surface area contributed by atoms with Crippen LogP contribution in [0.2, 0.25) is 0 Å². The normalized spacial score (nSPS) is 12.1. The average Bonchev–Trinajstić information content (AvgIpc) is 2.60. The standard InChI is InChI=1S/C9H9BrN2O2S.ClH/c10-6-2-8-7(13-4-14-8)1-5(6)3-15-9(11)12;/h1-2H,3-4H2,(H3,11,12);1H. The monoisotopic (exact) mass is 324 g/mol. The predicted molar refractivity (Wildman–Crippen MR) is 70.7 cm³/mol. The first kappa shape index (κ1) is 13.5. The number of halogens is 2. The van der Waals surface area contributed by atoms with Crippen LogP contribution in [-0.4, -0.2) is 12.0 Å². The summed E-state index contributed by atoms with van der Waals surface area (Å²) in [5.41, 5.74) is 6.32. The number of benzene rings is 1. The largest absolute Gasteiger partial charge is 0.454 e. The van der Waals surface area contributed by atoms with Crippen molar-refractivity contribution in [3.05, 3.63) is 22.2 Å². The Bertz CT molecular complexity index is 417. The van der Waals surface area contributed by atoms with Crippen LogP contribution in [0, 0.1) is 5.41 Å². The highest BCUT2D eigenvalue weighted by Crippen LogP contribution is 2.37. The summed E-state index contributed by atoms with van der Waals surface area (Å²) >= 11 is 4.72. The second-order valence-corrected chi connectivity index (χ2v) is 4.82. The maximum absolute atomic E-state index is 7.14. The van der Waals surface area contributed by atoms with Gasteiger partial charge in [0.25, 0.3) is 0 Å². The molecule has 0 aliphatic carbocycles. The number of ether oxygens (including phenoxy) is 2. The van der Waals surface area contributed by atoms with Crippen molar-refractivity contribution in [2.75, 3.05) is 6.79 Å². The van der Waals surface area contributed by atoms with E-state index in [1.807, 2.05) is 12.1 Å². The molecule has 1 aliphatic heterocycles. The van der Waals surface area contributed by atoms with E-state index in [0.29, 0.717) is 5.75 Å². The van der Waals surface area contributed by atoms with Crippen LogP contribution in [-0.2, 0) is 5.75 Å². The van der Waals surface area contributed by atoms with Crippen LogP contribution in [0.3, 0.4) is 0 Å². The SMILES string of the molecule is Cl.N=C(N)SCc1cc2c(cc1Br)OCO2. The number of rotatable bonds is 2. The third-order valence-electron chi connectivity index (χ3n) is 1.92. The molecule has 0 spiro atoms. The summed E-state index contributed by atoms with van der Waals surface area (Å²) in [6, 6.07) is 3.78. The maximum atomic E-state index is 7.14. The fourth-order valence-corrected chi connectivity index (χ4v) is 2.42. The lowest BCUT2D eigenvalue weighted by molar-refractivity contribution is 0.174. The molecule has 7 heteroatoms. The molecule has 2 rings (SSSR count). The Morgan fingerprint density at radius 2 is 2.06 bits per heavy atom. The number of amidine groups is 1. The predicted octanol–water partition coefficient (Wildman–Crippen LogP) is 2.73. The van der Waals surface area contributed by atoms with E-state index in [9.17, 15) is 0 Å². The van der Waals surface area contributed by atoms with E-state index in [0.717, 1.165) is 21.5 Å². The molecule has 1 aromatic rings. The molecular formula is C9H10BrClN2O2S. The lowest BCUT2D eigenvalue weighted by Gasteiger charge is -2.05. The molecule has 0 amide bonds. The number of thioether (sulfide) groups is 1. The first-order valence-electron chi connectivity index (χ1n) is 4.21. The van der Waals surface area contributed by atoms with Crippen molar-refractivity contribution in [1.82, 2.24) is 0 Å². The van der Waals surface area contributed by atoms with Crippen molar-refractivity contribution in [1.29, 1.82) is 5.41 Å². The number of nitrogens with two attached hydrogens (primary N) is 1. The summed E-state index contributed by atoms with van der Waals surface area (Å²) in [6.45, 7) is 0.269. The van der Waals surface area contributed by atoms with Gasteiger partial charge < -0.3 is 15.2 Å². The zero-order valence-corrected chi connectivity index (χ0v) is 11.4. The zero-order valence-electron chi connectivity index (χ0n) is 8.16. The number of hydrogen-bond donors (Lipinski definition) is 2. The van der Waals surface area contributed by atoms with Crippen molar-refractivity contribution in [3.8, 4) is 11.5 Å². The molecule has 3 N–H and O–H groups in total. The van der Waals surface area contributed by atoms with E-state index >= 15 is 0 Å². The van der Waals surface area contributed by atoms with Crippen LogP contribution in [0.15, 0.2) is 16.6 Å². The van der Waals surface area contributed by atoms with Crippen LogP contribution in [0.4, 0.5) is 0 Å². The molecule has 0 unspecified atom stereocenters. The number of fused-ring (bicyclic) bond motifs is 1. The van der Waals surface area contributed by atoms with Gasteiger partial charge >= 0.3 is 0 Å². The van der Waals surface area contributed by atoms with Gasteiger partial charge in [-0.1, -0.05) is 27.7 Å². The number of nitrogens with one attached hydrogen (secondary N) is 1. The molecule has 4 nitrogen and oxygen atoms in total. The van der Waals surface area contributed by atoms with Crippen molar-refractivity contribution < 1.29 is 9.47 Å². The fourth-order valence-electron chi connectivity index (χ4n) is 1.23.